The third kappa shape index (κ3) is 8.18. The van der Waals surface area contributed by atoms with E-state index in [1.54, 1.807) is 0 Å². The first-order chi connectivity index (χ1) is 9.27. The molecule has 4 heteroatoms. The molecule has 0 bridgehead atoms. The van der Waals surface area contributed by atoms with Crippen molar-refractivity contribution in [2.75, 3.05) is 6.61 Å². The summed E-state index contributed by atoms with van der Waals surface area (Å²) in [4.78, 5) is 23.1. The molecule has 20 heavy (non-hydrogen) atoms. The van der Waals surface area contributed by atoms with Crippen LogP contribution in [-0.4, -0.2) is 24.6 Å². The second-order valence-corrected chi connectivity index (χ2v) is 6.03. The van der Waals surface area contributed by atoms with Gasteiger partial charge in [0.25, 0.3) is 0 Å². The van der Waals surface area contributed by atoms with Crippen LogP contribution >= 0.6 is 0 Å². The lowest BCUT2D eigenvalue weighted by Gasteiger charge is -2.19. The predicted molar refractivity (Wildman–Crippen MR) is 79.2 cm³/mol. The summed E-state index contributed by atoms with van der Waals surface area (Å²) in [6.45, 7) is 12.6. The van der Waals surface area contributed by atoms with Crippen molar-refractivity contribution in [3.63, 3.8) is 0 Å². The number of esters is 2. The normalized spacial score (nSPS) is 14.2. The van der Waals surface area contributed by atoms with E-state index in [2.05, 4.69) is 20.8 Å². The number of rotatable bonds is 9. The molecule has 0 heterocycles. The Bertz CT molecular complexity index is 297. The fraction of sp³-hybridized carbons (Fsp3) is 0.875. The van der Waals surface area contributed by atoms with Gasteiger partial charge in [-0.1, -0.05) is 34.6 Å². The maximum atomic E-state index is 11.6. The smallest absolute Gasteiger partial charge is 0.306 e. The number of carbonyl (C=O) groups is 2. The Balaban J connectivity index is 3.91. The number of hydrogen-bond donors (Lipinski definition) is 0. The van der Waals surface area contributed by atoms with Crippen molar-refractivity contribution in [3.8, 4) is 0 Å². The van der Waals surface area contributed by atoms with E-state index in [0.717, 1.165) is 6.42 Å². The minimum atomic E-state index is -0.334. The summed E-state index contributed by atoms with van der Waals surface area (Å²) in [6.07, 6.45) is 1.05. The van der Waals surface area contributed by atoms with Gasteiger partial charge >= 0.3 is 11.9 Å². The fourth-order valence-corrected chi connectivity index (χ4v) is 1.66. The SMILES string of the molecule is CCC(COC(=O)CCC(=O)OC(C)C(C)C)C(C)C. The Morgan fingerprint density at radius 3 is 1.90 bits per heavy atom. The van der Waals surface area contributed by atoms with E-state index in [-0.39, 0.29) is 36.8 Å². The molecular formula is C16H30O4. The van der Waals surface area contributed by atoms with E-state index in [9.17, 15) is 9.59 Å². The van der Waals surface area contributed by atoms with Crippen molar-refractivity contribution in [2.24, 2.45) is 17.8 Å². The average molecular weight is 286 g/mol. The van der Waals surface area contributed by atoms with Crippen molar-refractivity contribution in [2.45, 2.75) is 66.9 Å². The van der Waals surface area contributed by atoms with Gasteiger partial charge in [-0.15, -0.1) is 0 Å². The molecule has 0 aliphatic carbocycles. The maximum Gasteiger partial charge on any atom is 0.306 e. The monoisotopic (exact) mass is 286 g/mol. The summed E-state index contributed by atoms with van der Waals surface area (Å²) in [7, 11) is 0. The molecule has 0 aromatic carbocycles. The third-order valence-corrected chi connectivity index (χ3v) is 3.72. The van der Waals surface area contributed by atoms with Crippen LogP contribution in [0.2, 0.25) is 0 Å². The summed E-state index contributed by atoms with van der Waals surface area (Å²) in [5, 5.41) is 0. The highest BCUT2D eigenvalue weighted by molar-refractivity contribution is 5.77. The molecule has 0 aliphatic heterocycles. The molecule has 0 fully saturated rings. The molecule has 118 valence electrons. The zero-order chi connectivity index (χ0) is 15.7. The largest absolute Gasteiger partial charge is 0.465 e. The fourth-order valence-electron chi connectivity index (χ4n) is 1.66. The van der Waals surface area contributed by atoms with Gasteiger partial charge in [-0.05, 0) is 31.1 Å². The predicted octanol–water partition coefficient (Wildman–Crippen LogP) is 3.58. The van der Waals surface area contributed by atoms with Crippen LogP contribution in [0.4, 0.5) is 0 Å². The number of ether oxygens (including phenoxy) is 2. The lowest BCUT2D eigenvalue weighted by Crippen LogP contribution is -2.22. The Kier molecular flexibility index (Phi) is 9.26. The first-order valence-electron chi connectivity index (χ1n) is 7.63. The van der Waals surface area contributed by atoms with Crippen LogP contribution in [0.5, 0.6) is 0 Å². The van der Waals surface area contributed by atoms with Crippen LogP contribution in [0.25, 0.3) is 0 Å². The van der Waals surface area contributed by atoms with Crippen LogP contribution in [-0.2, 0) is 19.1 Å². The van der Waals surface area contributed by atoms with Crippen LogP contribution in [0.15, 0.2) is 0 Å². The van der Waals surface area contributed by atoms with Gasteiger partial charge in [0.1, 0.15) is 6.10 Å². The molecule has 0 saturated heterocycles. The van der Waals surface area contributed by atoms with Gasteiger partial charge in [0.05, 0.1) is 19.4 Å². The lowest BCUT2D eigenvalue weighted by molar-refractivity contribution is -0.155. The summed E-state index contributed by atoms with van der Waals surface area (Å²) in [6, 6.07) is 0. The van der Waals surface area contributed by atoms with Crippen molar-refractivity contribution in [1.82, 2.24) is 0 Å². The van der Waals surface area contributed by atoms with E-state index in [4.69, 9.17) is 9.47 Å². The van der Waals surface area contributed by atoms with Gasteiger partial charge in [-0.25, -0.2) is 0 Å². The molecule has 0 aliphatic rings. The minimum absolute atomic E-state index is 0.0916. The molecule has 0 N–H and O–H groups in total. The first-order valence-corrected chi connectivity index (χ1v) is 7.63. The van der Waals surface area contributed by atoms with Gasteiger partial charge in [-0.2, -0.15) is 0 Å². The molecular weight excluding hydrogens is 256 g/mol. The molecule has 2 unspecified atom stereocenters. The van der Waals surface area contributed by atoms with Gasteiger partial charge < -0.3 is 9.47 Å². The van der Waals surface area contributed by atoms with E-state index >= 15 is 0 Å². The van der Waals surface area contributed by atoms with Crippen molar-refractivity contribution in [3.05, 3.63) is 0 Å². The Labute approximate surface area is 123 Å². The van der Waals surface area contributed by atoms with Crippen LogP contribution in [0.3, 0.4) is 0 Å². The number of hydrogen-bond acceptors (Lipinski definition) is 4. The Morgan fingerprint density at radius 1 is 0.900 bits per heavy atom. The van der Waals surface area contributed by atoms with E-state index in [1.165, 1.54) is 0 Å². The van der Waals surface area contributed by atoms with E-state index in [0.29, 0.717) is 18.4 Å². The second kappa shape index (κ2) is 9.78. The Hall–Kier alpha value is -1.06. The summed E-state index contributed by atoms with van der Waals surface area (Å²) in [5.74, 6) is 0.496. The summed E-state index contributed by atoms with van der Waals surface area (Å²) < 4.78 is 10.4. The molecule has 0 spiro atoms. The molecule has 4 nitrogen and oxygen atoms in total. The molecule has 0 saturated carbocycles. The van der Waals surface area contributed by atoms with Crippen molar-refractivity contribution >= 4 is 11.9 Å². The minimum Gasteiger partial charge on any atom is -0.465 e. The zero-order valence-corrected chi connectivity index (χ0v) is 13.8. The first kappa shape index (κ1) is 18.9. The van der Waals surface area contributed by atoms with Gasteiger partial charge in [0.2, 0.25) is 0 Å². The van der Waals surface area contributed by atoms with E-state index in [1.807, 2.05) is 20.8 Å². The van der Waals surface area contributed by atoms with Gasteiger partial charge in [0, 0.05) is 0 Å². The zero-order valence-electron chi connectivity index (χ0n) is 13.8. The van der Waals surface area contributed by atoms with Crippen LogP contribution < -0.4 is 0 Å². The quantitative estimate of drug-likeness (QED) is 0.608. The third-order valence-electron chi connectivity index (χ3n) is 3.72. The standard InChI is InChI=1S/C16H30O4/c1-7-14(12(4)5)10-19-15(17)8-9-16(18)20-13(6)11(2)3/h11-14H,7-10H2,1-6H3. The molecule has 0 aromatic heterocycles. The van der Waals surface area contributed by atoms with Crippen LogP contribution in [0.1, 0.15) is 60.8 Å². The summed E-state index contributed by atoms with van der Waals surface area (Å²) >= 11 is 0. The molecule has 2 atom stereocenters. The highest BCUT2D eigenvalue weighted by Gasteiger charge is 2.17. The molecule has 0 amide bonds. The molecule has 0 rings (SSSR count). The lowest BCUT2D eigenvalue weighted by atomic mass is 9.94. The van der Waals surface area contributed by atoms with Crippen molar-refractivity contribution in [1.29, 1.82) is 0 Å². The van der Waals surface area contributed by atoms with Gasteiger partial charge in [-0.3, -0.25) is 9.59 Å². The van der Waals surface area contributed by atoms with Crippen LogP contribution in [0, 0.1) is 17.8 Å². The van der Waals surface area contributed by atoms with Gasteiger partial charge in [0.15, 0.2) is 0 Å². The highest BCUT2D eigenvalue weighted by Crippen LogP contribution is 2.15. The topological polar surface area (TPSA) is 52.6 Å². The van der Waals surface area contributed by atoms with E-state index < -0.39 is 0 Å². The Morgan fingerprint density at radius 2 is 1.45 bits per heavy atom. The maximum absolute atomic E-state index is 11.6. The average Bonchev–Trinajstić information content (AvgIpc) is 2.36. The second-order valence-electron chi connectivity index (χ2n) is 6.03. The molecule has 0 aromatic rings. The molecule has 0 radical (unpaired) electrons. The summed E-state index contributed by atoms with van der Waals surface area (Å²) in [5.41, 5.74) is 0. The van der Waals surface area contributed by atoms with Crippen molar-refractivity contribution < 1.29 is 19.1 Å². The number of carbonyl (C=O) groups excluding carboxylic acids is 2. The highest BCUT2D eigenvalue weighted by atomic mass is 16.5.